The van der Waals surface area contributed by atoms with Crippen molar-refractivity contribution in [1.29, 1.82) is 0 Å². The zero-order valence-electron chi connectivity index (χ0n) is 13.4. The van der Waals surface area contributed by atoms with Crippen molar-refractivity contribution in [1.82, 2.24) is 10.2 Å². The first-order valence-electron chi connectivity index (χ1n) is 8.09. The van der Waals surface area contributed by atoms with E-state index in [2.05, 4.69) is 5.32 Å². The van der Waals surface area contributed by atoms with Crippen molar-refractivity contribution in [2.75, 3.05) is 20.1 Å². The number of rotatable bonds is 4. The number of likely N-dealkylation sites (N-methyl/N-ethyl adjacent to an activating group) is 1. The number of nitrogens with one attached hydrogen (secondary N) is 1. The Hall–Kier alpha value is -0.970. The summed E-state index contributed by atoms with van der Waals surface area (Å²) in [4.78, 5) is 14.7. The Morgan fingerprint density at radius 1 is 1.30 bits per heavy atom. The van der Waals surface area contributed by atoms with Crippen LogP contribution in [-0.4, -0.2) is 43.1 Å². The standard InChI is InChI=1S/C17H23ClN2O2.ClH/c1-20(13-8-9-19-11-13)17(21)15-10-12(18)6-7-16(15)22-14-4-2-3-5-14;/h6-7,10,13-14,19H,2-5,8-9,11H2,1H3;1H. The third-order valence-electron chi connectivity index (χ3n) is 4.67. The monoisotopic (exact) mass is 358 g/mol. The summed E-state index contributed by atoms with van der Waals surface area (Å²) in [5, 5.41) is 3.86. The van der Waals surface area contributed by atoms with Gasteiger partial charge in [0.2, 0.25) is 0 Å². The molecule has 1 N–H and O–H groups in total. The van der Waals surface area contributed by atoms with E-state index in [1.165, 1.54) is 12.8 Å². The summed E-state index contributed by atoms with van der Waals surface area (Å²) in [6.45, 7) is 1.81. The number of benzene rings is 1. The Balaban J connectivity index is 0.00000192. The van der Waals surface area contributed by atoms with Crippen LogP contribution in [0.2, 0.25) is 5.02 Å². The average Bonchev–Trinajstić information content (AvgIpc) is 3.20. The van der Waals surface area contributed by atoms with Gasteiger partial charge in [-0.2, -0.15) is 0 Å². The number of halogens is 2. The topological polar surface area (TPSA) is 41.6 Å². The SMILES string of the molecule is CN(C(=O)c1cc(Cl)ccc1OC1CCCC1)C1CCNC1.Cl. The van der Waals surface area contributed by atoms with Crippen molar-refractivity contribution >= 4 is 29.9 Å². The van der Waals surface area contributed by atoms with E-state index in [9.17, 15) is 4.79 Å². The maximum atomic E-state index is 12.8. The first-order chi connectivity index (χ1) is 10.6. The molecule has 1 atom stereocenters. The summed E-state index contributed by atoms with van der Waals surface area (Å²) in [6, 6.07) is 5.59. The van der Waals surface area contributed by atoms with Gasteiger partial charge in [-0.3, -0.25) is 4.79 Å². The molecule has 4 nitrogen and oxygen atoms in total. The summed E-state index contributed by atoms with van der Waals surface area (Å²) in [5.74, 6) is 0.656. The Morgan fingerprint density at radius 3 is 2.70 bits per heavy atom. The molecule has 3 rings (SSSR count). The minimum absolute atomic E-state index is 0. The Morgan fingerprint density at radius 2 is 2.04 bits per heavy atom. The van der Waals surface area contributed by atoms with Crippen LogP contribution in [0.25, 0.3) is 0 Å². The van der Waals surface area contributed by atoms with Gasteiger partial charge in [-0.1, -0.05) is 11.6 Å². The van der Waals surface area contributed by atoms with Crippen molar-refractivity contribution in [3.63, 3.8) is 0 Å². The molecular weight excluding hydrogens is 335 g/mol. The van der Waals surface area contributed by atoms with E-state index >= 15 is 0 Å². The van der Waals surface area contributed by atoms with Crippen LogP contribution in [0.15, 0.2) is 18.2 Å². The van der Waals surface area contributed by atoms with E-state index in [4.69, 9.17) is 16.3 Å². The minimum atomic E-state index is -0.0100. The van der Waals surface area contributed by atoms with Gasteiger partial charge in [0.25, 0.3) is 5.91 Å². The number of amides is 1. The molecule has 1 aromatic carbocycles. The smallest absolute Gasteiger partial charge is 0.257 e. The molecule has 1 heterocycles. The van der Waals surface area contributed by atoms with E-state index in [0.717, 1.165) is 32.4 Å². The Bertz CT molecular complexity index is 541. The van der Waals surface area contributed by atoms with Crippen LogP contribution in [-0.2, 0) is 0 Å². The third-order valence-corrected chi connectivity index (χ3v) is 4.91. The van der Waals surface area contributed by atoms with Gasteiger partial charge in [-0.25, -0.2) is 0 Å². The molecule has 0 spiro atoms. The molecule has 6 heteroatoms. The molecule has 1 aliphatic heterocycles. The number of ether oxygens (including phenoxy) is 1. The lowest BCUT2D eigenvalue weighted by Gasteiger charge is -2.25. The van der Waals surface area contributed by atoms with Gasteiger partial charge in [0.15, 0.2) is 0 Å². The zero-order valence-corrected chi connectivity index (χ0v) is 15.0. The van der Waals surface area contributed by atoms with Gasteiger partial charge >= 0.3 is 0 Å². The summed E-state index contributed by atoms with van der Waals surface area (Å²) in [7, 11) is 1.86. The maximum Gasteiger partial charge on any atom is 0.257 e. The highest BCUT2D eigenvalue weighted by molar-refractivity contribution is 6.31. The van der Waals surface area contributed by atoms with Crippen LogP contribution in [0.4, 0.5) is 0 Å². The number of carbonyl (C=O) groups excluding carboxylic acids is 1. The number of hydrogen-bond acceptors (Lipinski definition) is 3. The van der Waals surface area contributed by atoms with Gasteiger partial charge in [0.05, 0.1) is 11.7 Å². The fraction of sp³-hybridized carbons (Fsp3) is 0.588. The van der Waals surface area contributed by atoms with E-state index in [0.29, 0.717) is 16.3 Å². The zero-order chi connectivity index (χ0) is 15.5. The fourth-order valence-electron chi connectivity index (χ4n) is 3.28. The van der Waals surface area contributed by atoms with Gasteiger partial charge in [0.1, 0.15) is 5.75 Å². The number of hydrogen-bond donors (Lipinski definition) is 1. The summed E-state index contributed by atoms with van der Waals surface area (Å²) in [6.07, 6.45) is 5.76. The summed E-state index contributed by atoms with van der Waals surface area (Å²) < 4.78 is 6.07. The van der Waals surface area contributed by atoms with Gasteiger partial charge in [-0.15, -0.1) is 12.4 Å². The molecule has 23 heavy (non-hydrogen) atoms. The predicted octanol–water partition coefficient (Wildman–Crippen LogP) is 3.52. The summed E-state index contributed by atoms with van der Waals surface area (Å²) >= 11 is 6.10. The molecule has 1 saturated carbocycles. The highest BCUT2D eigenvalue weighted by Gasteiger charge is 2.27. The van der Waals surface area contributed by atoms with E-state index in [1.807, 2.05) is 18.0 Å². The second-order valence-electron chi connectivity index (χ2n) is 6.23. The molecule has 1 unspecified atom stereocenters. The Labute approximate surface area is 148 Å². The third kappa shape index (κ3) is 4.31. The molecule has 1 aliphatic carbocycles. The maximum absolute atomic E-state index is 12.8. The van der Waals surface area contributed by atoms with Crippen LogP contribution in [0.3, 0.4) is 0 Å². The van der Waals surface area contributed by atoms with Crippen LogP contribution in [0.1, 0.15) is 42.5 Å². The van der Waals surface area contributed by atoms with E-state index in [-0.39, 0.29) is 30.5 Å². The van der Waals surface area contributed by atoms with Crippen molar-refractivity contribution < 1.29 is 9.53 Å². The lowest BCUT2D eigenvalue weighted by Crippen LogP contribution is -2.38. The number of carbonyl (C=O) groups is 1. The van der Waals surface area contributed by atoms with Gasteiger partial charge in [0, 0.05) is 24.7 Å². The molecule has 1 aromatic rings. The molecule has 0 bridgehead atoms. The lowest BCUT2D eigenvalue weighted by atomic mass is 10.1. The van der Waals surface area contributed by atoms with Gasteiger partial charge in [-0.05, 0) is 56.8 Å². The second kappa shape index (κ2) is 8.22. The molecule has 2 fully saturated rings. The second-order valence-corrected chi connectivity index (χ2v) is 6.66. The normalized spacial score (nSPS) is 21.0. The first kappa shape index (κ1) is 18.4. The number of nitrogens with zero attached hydrogens (tertiary/aromatic N) is 1. The molecular formula is C17H24Cl2N2O2. The van der Waals surface area contributed by atoms with E-state index in [1.54, 1.807) is 12.1 Å². The molecule has 128 valence electrons. The minimum Gasteiger partial charge on any atom is -0.490 e. The van der Waals surface area contributed by atoms with Crippen LogP contribution >= 0.6 is 24.0 Å². The Kier molecular flexibility index (Phi) is 6.57. The average molecular weight is 359 g/mol. The fourth-order valence-corrected chi connectivity index (χ4v) is 3.46. The van der Waals surface area contributed by atoms with Crippen LogP contribution in [0.5, 0.6) is 5.75 Å². The molecule has 1 saturated heterocycles. The predicted molar refractivity (Wildman–Crippen MR) is 95.0 cm³/mol. The first-order valence-corrected chi connectivity index (χ1v) is 8.47. The largest absolute Gasteiger partial charge is 0.490 e. The molecule has 2 aliphatic rings. The van der Waals surface area contributed by atoms with Crippen molar-refractivity contribution in [2.45, 2.75) is 44.2 Å². The van der Waals surface area contributed by atoms with Crippen molar-refractivity contribution in [3.8, 4) is 5.75 Å². The quantitative estimate of drug-likeness (QED) is 0.895. The van der Waals surface area contributed by atoms with Crippen molar-refractivity contribution in [3.05, 3.63) is 28.8 Å². The van der Waals surface area contributed by atoms with E-state index < -0.39 is 0 Å². The van der Waals surface area contributed by atoms with Gasteiger partial charge < -0.3 is 15.0 Å². The molecule has 1 amide bonds. The van der Waals surface area contributed by atoms with Crippen LogP contribution in [0, 0.1) is 0 Å². The van der Waals surface area contributed by atoms with Crippen LogP contribution < -0.4 is 10.1 Å². The van der Waals surface area contributed by atoms with Crippen molar-refractivity contribution in [2.24, 2.45) is 0 Å². The molecule has 0 aromatic heterocycles. The summed E-state index contributed by atoms with van der Waals surface area (Å²) in [5.41, 5.74) is 0.578. The highest BCUT2D eigenvalue weighted by atomic mass is 35.5. The molecule has 0 radical (unpaired) electrons. The highest BCUT2D eigenvalue weighted by Crippen LogP contribution is 2.30. The lowest BCUT2D eigenvalue weighted by molar-refractivity contribution is 0.0736.